The van der Waals surface area contributed by atoms with E-state index in [-0.39, 0.29) is 5.82 Å². The van der Waals surface area contributed by atoms with Gasteiger partial charge < -0.3 is 5.32 Å². The molecule has 5 nitrogen and oxygen atoms in total. The molecule has 0 saturated heterocycles. The van der Waals surface area contributed by atoms with E-state index in [2.05, 4.69) is 20.3 Å². The molecule has 4 aromatic rings. The van der Waals surface area contributed by atoms with E-state index in [0.717, 1.165) is 33.1 Å². The van der Waals surface area contributed by atoms with Crippen molar-refractivity contribution in [1.29, 1.82) is 0 Å². The molecule has 3 aromatic heterocycles. The lowest BCUT2D eigenvalue weighted by atomic mass is 10.0. The van der Waals surface area contributed by atoms with Gasteiger partial charge in [0.05, 0.1) is 34.0 Å². The van der Waals surface area contributed by atoms with Crippen LogP contribution in [0.1, 0.15) is 11.4 Å². The molecule has 0 amide bonds. The van der Waals surface area contributed by atoms with Crippen LogP contribution in [-0.4, -0.2) is 19.9 Å². The zero-order valence-corrected chi connectivity index (χ0v) is 15.4. The molecule has 0 radical (unpaired) electrons. The van der Waals surface area contributed by atoms with Gasteiger partial charge in [0.1, 0.15) is 5.82 Å². The summed E-state index contributed by atoms with van der Waals surface area (Å²) in [5.41, 5.74) is 6.07. The molecule has 0 aliphatic heterocycles. The van der Waals surface area contributed by atoms with E-state index in [9.17, 15) is 4.39 Å². The van der Waals surface area contributed by atoms with Crippen molar-refractivity contribution in [3.8, 4) is 21.7 Å². The van der Waals surface area contributed by atoms with E-state index in [0.29, 0.717) is 12.5 Å². The number of pyridine rings is 1. The molecule has 1 N–H and O–H groups in total. The largest absolute Gasteiger partial charge is 0.349 e. The number of rotatable bonds is 5. The highest BCUT2D eigenvalue weighted by molar-refractivity contribution is 7.13. The first-order valence-corrected chi connectivity index (χ1v) is 9.26. The second-order valence-corrected chi connectivity index (χ2v) is 6.76. The number of hydrogen-bond donors (Lipinski definition) is 1. The van der Waals surface area contributed by atoms with Crippen LogP contribution in [0, 0.1) is 12.7 Å². The molecule has 7 heteroatoms. The van der Waals surface area contributed by atoms with Crippen molar-refractivity contribution in [2.45, 2.75) is 13.5 Å². The molecule has 4 rings (SSSR count). The van der Waals surface area contributed by atoms with Crippen molar-refractivity contribution in [3.05, 3.63) is 77.6 Å². The first-order chi connectivity index (χ1) is 13.2. The molecule has 3 heterocycles. The van der Waals surface area contributed by atoms with Gasteiger partial charge in [-0.25, -0.2) is 19.3 Å². The van der Waals surface area contributed by atoms with Gasteiger partial charge in [-0.2, -0.15) is 0 Å². The average molecular weight is 377 g/mol. The normalized spacial score (nSPS) is 10.7. The predicted octanol–water partition coefficient (Wildman–Crippen LogP) is 4.72. The van der Waals surface area contributed by atoms with Crippen molar-refractivity contribution in [3.63, 3.8) is 0 Å². The molecule has 0 aliphatic carbocycles. The van der Waals surface area contributed by atoms with Crippen molar-refractivity contribution < 1.29 is 4.39 Å². The molecule has 1 aromatic carbocycles. The van der Waals surface area contributed by atoms with Crippen LogP contribution in [0.3, 0.4) is 0 Å². The third-order valence-corrected chi connectivity index (χ3v) is 4.99. The Bertz CT molecular complexity index is 1050. The third-order valence-electron chi connectivity index (χ3n) is 4.06. The fraction of sp³-hybridized carbons (Fsp3) is 0.100. The van der Waals surface area contributed by atoms with Gasteiger partial charge in [-0.05, 0) is 36.8 Å². The van der Waals surface area contributed by atoms with Crippen LogP contribution in [0.4, 0.5) is 10.3 Å². The number of nitrogens with zero attached hydrogens (tertiary/aromatic N) is 4. The van der Waals surface area contributed by atoms with Crippen LogP contribution < -0.4 is 5.32 Å². The summed E-state index contributed by atoms with van der Waals surface area (Å²) < 4.78 is 13.3. The molecule has 27 heavy (non-hydrogen) atoms. The van der Waals surface area contributed by atoms with E-state index in [1.165, 1.54) is 23.5 Å². The minimum absolute atomic E-state index is 0.274. The Labute approximate surface area is 160 Å². The van der Waals surface area contributed by atoms with Crippen LogP contribution >= 0.6 is 11.3 Å². The van der Waals surface area contributed by atoms with Gasteiger partial charge in [-0.1, -0.05) is 18.2 Å². The molecule has 0 bridgehead atoms. The monoisotopic (exact) mass is 377 g/mol. The number of anilines is 1. The van der Waals surface area contributed by atoms with E-state index in [1.807, 2.05) is 25.1 Å². The molecular weight excluding hydrogens is 361 g/mol. The number of nitrogens with one attached hydrogen (secondary N) is 1. The zero-order valence-electron chi connectivity index (χ0n) is 14.6. The number of aryl methyl sites for hydroxylation is 1. The lowest BCUT2D eigenvalue weighted by molar-refractivity contribution is 0.628. The molecule has 0 spiro atoms. The topological polar surface area (TPSA) is 63.6 Å². The van der Waals surface area contributed by atoms with Crippen LogP contribution in [0.15, 0.2) is 60.4 Å². The molecule has 0 aliphatic rings. The maximum atomic E-state index is 13.3. The summed E-state index contributed by atoms with van der Waals surface area (Å²) in [6.07, 6.45) is 3.51. The Morgan fingerprint density at radius 1 is 1.04 bits per heavy atom. The minimum Gasteiger partial charge on any atom is -0.349 e. The van der Waals surface area contributed by atoms with Crippen LogP contribution in [0.5, 0.6) is 0 Å². The van der Waals surface area contributed by atoms with Crippen LogP contribution in [-0.2, 0) is 6.54 Å². The number of aromatic nitrogens is 4. The van der Waals surface area contributed by atoms with Gasteiger partial charge in [0.25, 0.3) is 0 Å². The first kappa shape index (κ1) is 17.2. The summed E-state index contributed by atoms with van der Waals surface area (Å²) in [5.74, 6) is 0.234. The molecule has 0 unspecified atom stereocenters. The standard InChI is InChI=1S/C20H16FN5S/c1-13-19(27-12-25-13)18-17(14-5-7-15(21)8-6-14)11-24-20(26-18)23-10-16-4-2-3-9-22-16/h2-9,11-12H,10H2,1H3,(H,23,24,26). The van der Waals surface area contributed by atoms with Gasteiger partial charge in [0.15, 0.2) is 0 Å². The quantitative estimate of drug-likeness (QED) is 0.545. The van der Waals surface area contributed by atoms with Gasteiger partial charge in [-0.15, -0.1) is 11.3 Å². The van der Waals surface area contributed by atoms with Gasteiger partial charge >= 0.3 is 0 Å². The van der Waals surface area contributed by atoms with Gasteiger partial charge in [0, 0.05) is 18.0 Å². The minimum atomic E-state index is -0.274. The maximum Gasteiger partial charge on any atom is 0.223 e. The summed E-state index contributed by atoms with van der Waals surface area (Å²) in [4.78, 5) is 18.7. The van der Waals surface area contributed by atoms with Crippen LogP contribution in [0.2, 0.25) is 0 Å². The molecule has 0 fully saturated rings. The highest BCUT2D eigenvalue weighted by Gasteiger charge is 2.15. The Balaban J connectivity index is 1.71. The Kier molecular flexibility index (Phi) is 4.84. The van der Waals surface area contributed by atoms with E-state index in [1.54, 1.807) is 30.0 Å². The summed E-state index contributed by atoms with van der Waals surface area (Å²) in [5, 5.41) is 3.21. The summed E-state index contributed by atoms with van der Waals surface area (Å²) in [6, 6.07) is 12.1. The fourth-order valence-corrected chi connectivity index (χ4v) is 3.49. The van der Waals surface area contributed by atoms with Crippen molar-refractivity contribution in [2.75, 3.05) is 5.32 Å². The fourth-order valence-electron chi connectivity index (χ4n) is 2.68. The second-order valence-electron chi connectivity index (χ2n) is 5.90. The SMILES string of the molecule is Cc1ncsc1-c1nc(NCc2ccccn2)ncc1-c1ccc(F)cc1. The lowest BCUT2D eigenvalue weighted by Gasteiger charge is -2.11. The highest BCUT2D eigenvalue weighted by atomic mass is 32.1. The number of hydrogen-bond acceptors (Lipinski definition) is 6. The smallest absolute Gasteiger partial charge is 0.223 e. The zero-order chi connectivity index (χ0) is 18.6. The Morgan fingerprint density at radius 2 is 1.89 bits per heavy atom. The molecule has 0 atom stereocenters. The highest BCUT2D eigenvalue weighted by Crippen LogP contribution is 2.34. The first-order valence-electron chi connectivity index (χ1n) is 8.38. The van der Waals surface area contributed by atoms with Gasteiger partial charge in [0.2, 0.25) is 5.95 Å². The molecular formula is C20H16FN5S. The number of benzene rings is 1. The number of halogens is 1. The summed E-state index contributed by atoms with van der Waals surface area (Å²) >= 11 is 1.52. The van der Waals surface area contributed by atoms with Crippen molar-refractivity contribution in [2.24, 2.45) is 0 Å². The molecule has 134 valence electrons. The summed E-state index contributed by atoms with van der Waals surface area (Å²) in [6.45, 7) is 2.47. The van der Waals surface area contributed by atoms with E-state index >= 15 is 0 Å². The number of thiazole rings is 1. The van der Waals surface area contributed by atoms with Crippen LogP contribution in [0.25, 0.3) is 21.7 Å². The second kappa shape index (κ2) is 7.59. The lowest BCUT2D eigenvalue weighted by Crippen LogP contribution is -2.06. The predicted molar refractivity (Wildman–Crippen MR) is 105 cm³/mol. The average Bonchev–Trinajstić information content (AvgIpc) is 3.13. The van der Waals surface area contributed by atoms with Gasteiger partial charge in [-0.3, -0.25) is 4.98 Å². The van der Waals surface area contributed by atoms with Crippen molar-refractivity contribution in [1.82, 2.24) is 19.9 Å². The maximum absolute atomic E-state index is 13.3. The van der Waals surface area contributed by atoms with E-state index < -0.39 is 0 Å². The summed E-state index contributed by atoms with van der Waals surface area (Å²) in [7, 11) is 0. The third kappa shape index (κ3) is 3.83. The van der Waals surface area contributed by atoms with Crippen molar-refractivity contribution >= 4 is 17.3 Å². The Morgan fingerprint density at radius 3 is 2.59 bits per heavy atom. The van der Waals surface area contributed by atoms with E-state index in [4.69, 9.17) is 4.98 Å². The molecule has 0 saturated carbocycles. The Hall–Kier alpha value is -3.19.